The summed E-state index contributed by atoms with van der Waals surface area (Å²) in [5.74, 6) is -0.780. The normalized spacial score (nSPS) is 17.5. The van der Waals surface area contributed by atoms with E-state index in [1.807, 2.05) is 0 Å². The molecular formula is C26H24ClNO5. The number of unbranched alkanes of at least 4 members (excludes halogenated alkanes) is 2. The Labute approximate surface area is 197 Å². The molecule has 1 aromatic heterocycles. The first-order valence-corrected chi connectivity index (χ1v) is 11.2. The van der Waals surface area contributed by atoms with Crippen molar-refractivity contribution in [1.82, 2.24) is 0 Å². The summed E-state index contributed by atoms with van der Waals surface area (Å²) in [6, 6.07) is 15.8. The maximum atomic E-state index is 13.0. The average Bonchev–Trinajstić information content (AvgIpc) is 3.44. The van der Waals surface area contributed by atoms with E-state index in [1.165, 1.54) is 11.2 Å². The Morgan fingerprint density at radius 2 is 1.79 bits per heavy atom. The van der Waals surface area contributed by atoms with Gasteiger partial charge in [-0.05, 0) is 67.1 Å². The van der Waals surface area contributed by atoms with Gasteiger partial charge in [-0.3, -0.25) is 14.5 Å². The number of nitrogens with zero attached hydrogens (tertiary/aromatic N) is 1. The van der Waals surface area contributed by atoms with Crippen LogP contribution in [0.2, 0.25) is 5.02 Å². The predicted octanol–water partition coefficient (Wildman–Crippen LogP) is 6.13. The fraction of sp³-hybridized carbons (Fsp3) is 0.231. The fourth-order valence-electron chi connectivity index (χ4n) is 3.82. The molecule has 0 aliphatic carbocycles. The summed E-state index contributed by atoms with van der Waals surface area (Å²) in [4.78, 5) is 27.4. The number of aliphatic hydroxyl groups excluding tert-OH is 1. The number of anilines is 1. The summed E-state index contributed by atoms with van der Waals surface area (Å²) in [7, 11) is 0. The van der Waals surface area contributed by atoms with Crippen LogP contribution < -0.4 is 9.64 Å². The van der Waals surface area contributed by atoms with Crippen LogP contribution in [0.3, 0.4) is 0 Å². The van der Waals surface area contributed by atoms with E-state index in [2.05, 4.69) is 6.92 Å². The van der Waals surface area contributed by atoms with E-state index in [0.29, 0.717) is 34.4 Å². The Balaban J connectivity index is 1.70. The highest BCUT2D eigenvalue weighted by Crippen LogP contribution is 2.42. The molecule has 1 N–H and O–H groups in total. The fourth-order valence-corrected chi connectivity index (χ4v) is 3.95. The van der Waals surface area contributed by atoms with Crippen molar-refractivity contribution in [1.29, 1.82) is 0 Å². The molecule has 170 valence electrons. The van der Waals surface area contributed by atoms with Gasteiger partial charge in [0.15, 0.2) is 0 Å². The molecular weight excluding hydrogens is 442 g/mol. The molecule has 2 heterocycles. The van der Waals surface area contributed by atoms with Crippen molar-refractivity contribution in [3.63, 3.8) is 0 Å². The second-order valence-electron chi connectivity index (χ2n) is 7.74. The highest BCUT2D eigenvalue weighted by molar-refractivity contribution is 6.51. The van der Waals surface area contributed by atoms with Gasteiger partial charge in [-0.25, -0.2) is 0 Å². The number of rotatable bonds is 8. The van der Waals surface area contributed by atoms with Crippen LogP contribution in [0.5, 0.6) is 5.75 Å². The first-order valence-electron chi connectivity index (χ1n) is 10.8. The summed E-state index contributed by atoms with van der Waals surface area (Å²) in [6.45, 7) is 2.74. The minimum absolute atomic E-state index is 0.0403. The molecule has 0 spiro atoms. The molecule has 0 saturated carbocycles. The monoisotopic (exact) mass is 465 g/mol. The van der Waals surface area contributed by atoms with E-state index >= 15 is 0 Å². The second kappa shape index (κ2) is 9.96. The van der Waals surface area contributed by atoms with Crippen LogP contribution in [0.1, 0.15) is 43.6 Å². The molecule has 6 nitrogen and oxygen atoms in total. The van der Waals surface area contributed by atoms with Gasteiger partial charge < -0.3 is 14.3 Å². The first-order chi connectivity index (χ1) is 16.0. The van der Waals surface area contributed by atoms with Crippen molar-refractivity contribution in [2.24, 2.45) is 0 Å². The molecule has 1 aliphatic heterocycles. The molecule has 0 radical (unpaired) electrons. The van der Waals surface area contributed by atoms with E-state index in [9.17, 15) is 14.7 Å². The number of Topliss-reactive ketones (excluding diaryl/α,β-unsaturated/α-hetero) is 1. The molecule has 1 fully saturated rings. The van der Waals surface area contributed by atoms with Crippen LogP contribution >= 0.6 is 11.6 Å². The van der Waals surface area contributed by atoms with E-state index in [4.69, 9.17) is 20.8 Å². The average molecular weight is 466 g/mol. The number of carbonyl (C=O) groups excluding carboxylic acids is 2. The zero-order valence-corrected chi connectivity index (χ0v) is 18.9. The largest absolute Gasteiger partial charge is 0.507 e. The number of hydrogen-bond donors (Lipinski definition) is 1. The molecule has 3 aromatic rings. The molecule has 7 heteroatoms. The van der Waals surface area contributed by atoms with Gasteiger partial charge in [-0.2, -0.15) is 0 Å². The van der Waals surface area contributed by atoms with Crippen molar-refractivity contribution in [3.05, 3.63) is 88.8 Å². The van der Waals surface area contributed by atoms with Crippen LogP contribution in [0.15, 0.2) is 76.9 Å². The van der Waals surface area contributed by atoms with Crippen LogP contribution in [0.4, 0.5) is 5.69 Å². The molecule has 2 aromatic carbocycles. The van der Waals surface area contributed by atoms with Crippen molar-refractivity contribution < 1.29 is 23.8 Å². The third-order valence-corrected chi connectivity index (χ3v) is 5.76. The molecule has 1 amide bonds. The highest BCUT2D eigenvalue weighted by atomic mass is 35.5. The molecule has 0 bridgehead atoms. The third-order valence-electron chi connectivity index (χ3n) is 5.51. The molecule has 33 heavy (non-hydrogen) atoms. The number of aliphatic hydroxyl groups is 1. The maximum Gasteiger partial charge on any atom is 0.300 e. The molecule has 1 saturated heterocycles. The van der Waals surface area contributed by atoms with Gasteiger partial charge >= 0.3 is 0 Å². The molecule has 4 rings (SSSR count). The summed E-state index contributed by atoms with van der Waals surface area (Å²) >= 11 is 5.99. The van der Waals surface area contributed by atoms with E-state index in [-0.39, 0.29) is 11.3 Å². The molecule has 1 unspecified atom stereocenters. The van der Waals surface area contributed by atoms with E-state index in [1.54, 1.807) is 60.7 Å². The van der Waals surface area contributed by atoms with Gasteiger partial charge in [0, 0.05) is 16.3 Å². The van der Waals surface area contributed by atoms with Crippen LogP contribution in [-0.2, 0) is 9.59 Å². The second-order valence-corrected chi connectivity index (χ2v) is 8.18. The lowest BCUT2D eigenvalue weighted by atomic mass is 9.99. The Morgan fingerprint density at radius 3 is 2.42 bits per heavy atom. The van der Waals surface area contributed by atoms with Crippen molar-refractivity contribution in [3.8, 4) is 5.75 Å². The molecule has 1 atom stereocenters. The SMILES string of the molecule is CCCCCOc1ccc(/C(O)=C2/C(=O)C(=O)N(c3ccc(Cl)cc3)C2c2ccco2)cc1. The van der Waals surface area contributed by atoms with Crippen LogP contribution in [-0.4, -0.2) is 23.4 Å². The lowest BCUT2D eigenvalue weighted by molar-refractivity contribution is -0.132. The number of hydrogen-bond acceptors (Lipinski definition) is 5. The van der Waals surface area contributed by atoms with Crippen molar-refractivity contribution in [2.75, 3.05) is 11.5 Å². The Morgan fingerprint density at radius 1 is 1.06 bits per heavy atom. The summed E-state index contributed by atoms with van der Waals surface area (Å²) in [5.41, 5.74) is 0.834. The lowest BCUT2D eigenvalue weighted by Gasteiger charge is -2.23. The summed E-state index contributed by atoms with van der Waals surface area (Å²) < 4.78 is 11.3. The predicted molar refractivity (Wildman–Crippen MR) is 126 cm³/mol. The number of ketones is 1. The van der Waals surface area contributed by atoms with Crippen LogP contribution in [0.25, 0.3) is 5.76 Å². The van der Waals surface area contributed by atoms with Crippen LogP contribution in [0, 0.1) is 0 Å². The summed E-state index contributed by atoms with van der Waals surface area (Å²) in [6.07, 6.45) is 4.64. The quantitative estimate of drug-likeness (QED) is 0.187. The topological polar surface area (TPSA) is 80.0 Å². The maximum absolute atomic E-state index is 13.0. The minimum atomic E-state index is -0.911. The van der Waals surface area contributed by atoms with Gasteiger partial charge in [0.05, 0.1) is 18.4 Å². The van der Waals surface area contributed by atoms with Gasteiger partial charge in [0.2, 0.25) is 0 Å². The third kappa shape index (κ3) is 4.66. The van der Waals surface area contributed by atoms with Gasteiger partial charge in [0.25, 0.3) is 11.7 Å². The Kier molecular flexibility index (Phi) is 6.84. The zero-order valence-electron chi connectivity index (χ0n) is 18.2. The van der Waals surface area contributed by atoms with Gasteiger partial charge in [0.1, 0.15) is 23.3 Å². The van der Waals surface area contributed by atoms with Gasteiger partial charge in [-0.15, -0.1) is 0 Å². The smallest absolute Gasteiger partial charge is 0.300 e. The lowest BCUT2D eigenvalue weighted by Crippen LogP contribution is -2.29. The minimum Gasteiger partial charge on any atom is -0.507 e. The van der Waals surface area contributed by atoms with Crippen molar-refractivity contribution in [2.45, 2.75) is 32.2 Å². The number of benzene rings is 2. The number of ether oxygens (including phenoxy) is 1. The number of carbonyl (C=O) groups is 2. The highest BCUT2D eigenvalue weighted by Gasteiger charge is 2.48. The Bertz CT molecular complexity index is 1150. The van der Waals surface area contributed by atoms with E-state index in [0.717, 1.165) is 19.3 Å². The number of furan rings is 1. The van der Waals surface area contributed by atoms with E-state index < -0.39 is 17.7 Å². The zero-order chi connectivity index (χ0) is 23.4. The first kappa shape index (κ1) is 22.7. The standard InChI is InChI=1S/C26H24ClNO5/c1-2-3-4-15-32-20-13-7-17(8-14-20)24(29)22-23(21-6-5-16-33-21)28(26(31)25(22)30)19-11-9-18(27)10-12-19/h5-14,16,23,29H,2-4,15H2,1H3/b24-22-. The molecule has 1 aliphatic rings. The summed E-state index contributed by atoms with van der Waals surface area (Å²) in [5, 5.41) is 11.6. The van der Waals surface area contributed by atoms with Gasteiger partial charge in [-0.1, -0.05) is 31.4 Å². The Hall–Kier alpha value is -3.51. The number of amides is 1. The van der Waals surface area contributed by atoms with Crippen molar-refractivity contribution >= 4 is 34.7 Å². The number of halogens is 1.